The van der Waals surface area contributed by atoms with Crippen molar-refractivity contribution in [2.75, 3.05) is 13.1 Å². The van der Waals surface area contributed by atoms with Crippen LogP contribution < -0.4 is 5.73 Å². The lowest BCUT2D eigenvalue weighted by Crippen LogP contribution is -2.43. The van der Waals surface area contributed by atoms with Gasteiger partial charge in [-0.1, -0.05) is 0 Å². The summed E-state index contributed by atoms with van der Waals surface area (Å²) in [5.41, 5.74) is 5.25. The van der Waals surface area contributed by atoms with Gasteiger partial charge in [-0.2, -0.15) is 0 Å². The van der Waals surface area contributed by atoms with Crippen molar-refractivity contribution in [3.05, 3.63) is 0 Å². The average Bonchev–Trinajstić information content (AvgIpc) is 2.87. The summed E-state index contributed by atoms with van der Waals surface area (Å²) in [6.45, 7) is 1.11. The highest BCUT2D eigenvalue weighted by molar-refractivity contribution is 5.82. The highest BCUT2D eigenvalue weighted by Gasteiger charge is 2.37. The van der Waals surface area contributed by atoms with E-state index in [0.29, 0.717) is 45.2 Å². The molecule has 0 aromatic heterocycles. The second kappa shape index (κ2) is 5.59. The zero-order valence-electron chi connectivity index (χ0n) is 10.9. The minimum absolute atomic E-state index is 0.0478. The van der Waals surface area contributed by atoms with Gasteiger partial charge < -0.3 is 15.7 Å². The lowest BCUT2D eigenvalue weighted by Gasteiger charge is -2.32. The molecule has 106 valence electrons. The Hall–Kier alpha value is -1.59. The number of carbonyl (C=O) groups excluding carboxylic acids is 2. The molecule has 1 aliphatic carbocycles. The van der Waals surface area contributed by atoms with Crippen molar-refractivity contribution < 1.29 is 19.5 Å². The Kier molecular flexibility index (Phi) is 4.07. The highest BCUT2D eigenvalue weighted by atomic mass is 16.4. The van der Waals surface area contributed by atoms with Crippen molar-refractivity contribution in [2.45, 2.75) is 32.1 Å². The molecule has 0 unspecified atom stereocenters. The molecule has 2 amide bonds. The van der Waals surface area contributed by atoms with Crippen molar-refractivity contribution in [1.82, 2.24) is 4.90 Å². The molecular weight excluding hydrogens is 248 g/mol. The van der Waals surface area contributed by atoms with Crippen molar-refractivity contribution >= 4 is 17.8 Å². The molecule has 0 radical (unpaired) electrons. The summed E-state index contributed by atoms with van der Waals surface area (Å²) in [5.74, 6) is -1.71. The van der Waals surface area contributed by atoms with Gasteiger partial charge in [0.05, 0.1) is 5.92 Å². The number of amides is 2. The number of nitrogens with zero attached hydrogens (tertiary/aromatic N) is 1. The Bertz CT molecular complexity index is 388. The van der Waals surface area contributed by atoms with Gasteiger partial charge in [-0.3, -0.25) is 14.4 Å². The van der Waals surface area contributed by atoms with Crippen LogP contribution in [0.3, 0.4) is 0 Å². The van der Waals surface area contributed by atoms with E-state index < -0.39 is 5.97 Å². The Morgan fingerprint density at radius 2 is 1.53 bits per heavy atom. The first-order valence-electron chi connectivity index (χ1n) is 6.80. The molecule has 2 atom stereocenters. The summed E-state index contributed by atoms with van der Waals surface area (Å²) < 4.78 is 0. The van der Waals surface area contributed by atoms with Crippen LogP contribution in [0.5, 0.6) is 0 Å². The first kappa shape index (κ1) is 13.8. The molecular formula is C13H20N2O4. The van der Waals surface area contributed by atoms with Crippen LogP contribution in [0, 0.1) is 17.8 Å². The largest absolute Gasteiger partial charge is 0.481 e. The predicted molar refractivity (Wildman–Crippen MR) is 67.0 cm³/mol. The van der Waals surface area contributed by atoms with E-state index in [1.54, 1.807) is 4.90 Å². The van der Waals surface area contributed by atoms with Crippen LogP contribution in [0.2, 0.25) is 0 Å². The standard InChI is InChI=1S/C13H20N2O4/c14-11(16)8-3-5-15(6-4-8)12(17)9-1-2-10(7-9)13(18)19/h8-10H,1-7H2,(H2,14,16)(H,18,19)/t9-,10+/m1/s1. The van der Waals surface area contributed by atoms with Crippen molar-refractivity contribution in [1.29, 1.82) is 0 Å². The van der Waals surface area contributed by atoms with Gasteiger partial charge in [0.2, 0.25) is 11.8 Å². The number of nitrogens with two attached hydrogens (primary N) is 1. The Morgan fingerprint density at radius 3 is 2.00 bits per heavy atom. The molecule has 1 heterocycles. The third-order valence-electron chi connectivity index (χ3n) is 4.34. The Labute approximate surface area is 111 Å². The number of carboxylic acids is 1. The molecule has 3 N–H and O–H groups in total. The summed E-state index contributed by atoms with van der Waals surface area (Å²) in [6, 6.07) is 0. The zero-order valence-corrected chi connectivity index (χ0v) is 10.9. The molecule has 0 bridgehead atoms. The average molecular weight is 268 g/mol. The fourth-order valence-corrected chi connectivity index (χ4v) is 3.07. The quantitative estimate of drug-likeness (QED) is 0.764. The maximum absolute atomic E-state index is 12.3. The molecule has 2 rings (SSSR count). The van der Waals surface area contributed by atoms with E-state index in [9.17, 15) is 14.4 Å². The third-order valence-corrected chi connectivity index (χ3v) is 4.34. The Balaban J connectivity index is 1.85. The molecule has 0 spiro atoms. The van der Waals surface area contributed by atoms with Gasteiger partial charge in [0.25, 0.3) is 0 Å². The van der Waals surface area contributed by atoms with Gasteiger partial charge in [-0.25, -0.2) is 0 Å². The topological polar surface area (TPSA) is 101 Å². The number of carbonyl (C=O) groups is 3. The van der Waals surface area contributed by atoms with Crippen LogP contribution in [0.15, 0.2) is 0 Å². The maximum atomic E-state index is 12.3. The Morgan fingerprint density at radius 1 is 0.947 bits per heavy atom. The minimum Gasteiger partial charge on any atom is -0.481 e. The number of likely N-dealkylation sites (tertiary alicyclic amines) is 1. The highest BCUT2D eigenvalue weighted by Crippen LogP contribution is 2.33. The van der Waals surface area contributed by atoms with Crippen molar-refractivity contribution in [3.63, 3.8) is 0 Å². The monoisotopic (exact) mass is 268 g/mol. The fraction of sp³-hybridized carbons (Fsp3) is 0.769. The van der Waals surface area contributed by atoms with Gasteiger partial charge in [0.1, 0.15) is 0 Å². The van der Waals surface area contributed by atoms with E-state index >= 15 is 0 Å². The zero-order chi connectivity index (χ0) is 14.0. The van der Waals surface area contributed by atoms with Gasteiger partial charge in [0.15, 0.2) is 0 Å². The van der Waals surface area contributed by atoms with Crippen LogP contribution in [0.4, 0.5) is 0 Å². The lowest BCUT2D eigenvalue weighted by atomic mass is 9.94. The van der Waals surface area contributed by atoms with E-state index in [2.05, 4.69) is 0 Å². The molecule has 2 aliphatic rings. The second-order valence-electron chi connectivity index (χ2n) is 5.55. The lowest BCUT2D eigenvalue weighted by molar-refractivity contribution is -0.142. The molecule has 0 aromatic carbocycles. The summed E-state index contributed by atoms with van der Waals surface area (Å²) in [4.78, 5) is 36.0. The van der Waals surface area contributed by atoms with Crippen LogP contribution in [-0.4, -0.2) is 40.9 Å². The van der Waals surface area contributed by atoms with Gasteiger partial charge in [0, 0.05) is 24.9 Å². The van der Waals surface area contributed by atoms with Crippen LogP contribution in [-0.2, 0) is 14.4 Å². The summed E-state index contributed by atoms with van der Waals surface area (Å²) >= 11 is 0. The molecule has 0 aromatic rings. The van der Waals surface area contributed by atoms with Crippen LogP contribution in [0.1, 0.15) is 32.1 Å². The molecule has 2 fully saturated rings. The molecule has 1 saturated heterocycles. The summed E-state index contributed by atoms with van der Waals surface area (Å²) in [5, 5.41) is 8.94. The number of hydrogen-bond donors (Lipinski definition) is 2. The number of aliphatic carboxylic acids is 1. The van der Waals surface area contributed by atoms with Crippen molar-refractivity contribution in [3.8, 4) is 0 Å². The minimum atomic E-state index is -0.803. The third kappa shape index (κ3) is 3.05. The number of primary amides is 1. The van der Waals surface area contributed by atoms with E-state index in [1.807, 2.05) is 0 Å². The van der Waals surface area contributed by atoms with Gasteiger partial charge >= 0.3 is 5.97 Å². The summed E-state index contributed by atoms with van der Waals surface area (Å²) in [7, 11) is 0. The first-order chi connectivity index (χ1) is 8.99. The van der Waals surface area contributed by atoms with E-state index in [1.165, 1.54) is 0 Å². The van der Waals surface area contributed by atoms with Crippen LogP contribution in [0.25, 0.3) is 0 Å². The molecule has 1 aliphatic heterocycles. The smallest absolute Gasteiger partial charge is 0.306 e. The first-order valence-corrected chi connectivity index (χ1v) is 6.80. The SMILES string of the molecule is NC(=O)C1CCN(C(=O)[C@@H]2CC[C@H](C(=O)O)C2)CC1. The normalized spacial score (nSPS) is 28.3. The number of carboxylic acid groups (broad SMARTS) is 1. The number of piperidine rings is 1. The van der Waals surface area contributed by atoms with E-state index in [-0.39, 0.29) is 29.6 Å². The molecule has 1 saturated carbocycles. The predicted octanol–water partition coefficient (Wildman–Crippen LogP) is 0.211. The second-order valence-corrected chi connectivity index (χ2v) is 5.55. The van der Waals surface area contributed by atoms with Gasteiger partial charge in [-0.15, -0.1) is 0 Å². The van der Waals surface area contributed by atoms with E-state index in [4.69, 9.17) is 10.8 Å². The van der Waals surface area contributed by atoms with Crippen LogP contribution >= 0.6 is 0 Å². The fourth-order valence-electron chi connectivity index (χ4n) is 3.07. The van der Waals surface area contributed by atoms with Gasteiger partial charge in [-0.05, 0) is 32.1 Å². The van der Waals surface area contributed by atoms with E-state index in [0.717, 1.165) is 0 Å². The van der Waals surface area contributed by atoms with Crippen molar-refractivity contribution in [2.24, 2.45) is 23.5 Å². The number of rotatable bonds is 3. The molecule has 19 heavy (non-hydrogen) atoms. The molecule has 6 nitrogen and oxygen atoms in total. The number of hydrogen-bond acceptors (Lipinski definition) is 3. The molecule has 6 heteroatoms. The summed E-state index contributed by atoms with van der Waals surface area (Å²) in [6.07, 6.45) is 2.94. The maximum Gasteiger partial charge on any atom is 0.306 e.